The van der Waals surface area contributed by atoms with Crippen LogP contribution in [0.3, 0.4) is 0 Å². The second kappa shape index (κ2) is 5.77. The van der Waals surface area contributed by atoms with Crippen LogP contribution in [0.25, 0.3) is 0 Å². The zero-order chi connectivity index (χ0) is 13.8. The van der Waals surface area contributed by atoms with Gasteiger partial charge in [0.2, 0.25) is 0 Å². The maximum absolute atomic E-state index is 12.4. The Labute approximate surface area is 109 Å². The number of halogens is 2. The summed E-state index contributed by atoms with van der Waals surface area (Å²) in [7, 11) is 0. The number of carbonyl (C=O) groups excluding carboxylic acids is 1. The lowest BCUT2D eigenvalue weighted by Gasteiger charge is -2.09. The number of nitrogens with zero attached hydrogens (tertiary/aromatic N) is 1. The van der Waals surface area contributed by atoms with Crippen LogP contribution in [0.1, 0.15) is 36.9 Å². The molecular formula is C13H15F2N3O. The van der Waals surface area contributed by atoms with Gasteiger partial charge in [0.15, 0.2) is 5.96 Å². The summed E-state index contributed by atoms with van der Waals surface area (Å²) in [6.45, 7) is 2.61. The summed E-state index contributed by atoms with van der Waals surface area (Å²) in [5.41, 5.74) is 0.589. The molecule has 0 radical (unpaired) electrons. The normalized spacial score (nSPS) is 20.7. The minimum atomic E-state index is -2.50. The fraction of sp³-hybridized carbons (Fsp3) is 0.385. The first-order valence-corrected chi connectivity index (χ1v) is 6.11. The van der Waals surface area contributed by atoms with Crippen molar-refractivity contribution in [2.75, 3.05) is 6.54 Å². The van der Waals surface area contributed by atoms with Gasteiger partial charge in [0.25, 0.3) is 12.3 Å². The number of rotatable bonds is 4. The Hall–Kier alpha value is -1.98. The maximum atomic E-state index is 12.4. The maximum Gasteiger partial charge on any atom is 0.263 e. The van der Waals surface area contributed by atoms with Gasteiger partial charge >= 0.3 is 0 Å². The molecular weight excluding hydrogens is 252 g/mol. The Balaban J connectivity index is 2.12. The minimum Gasteiger partial charge on any atom is -0.340 e. The molecule has 1 saturated heterocycles. The SMILES string of the molecule is CCCN=C1NC(=O)C(c2ccc(C(F)F)cc2)N1. The second-order valence-corrected chi connectivity index (χ2v) is 4.26. The molecule has 0 spiro atoms. The highest BCUT2D eigenvalue weighted by molar-refractivity contribution is 6.06. The molecule has 1 aromatic rings. The summed E-state index contributed by atoms with van der Waals surface area (Å²) < 4.78 is 24.9. The number of hydrogen-bond donors (Lipinski definition) is 2. The molecule has 19 heavy (non-hydrogen) atoms. The van der Waals surface area contributed by atoms with Gasteiger partial charge in [0, 0.05) is 12.1 Å². The average Bonchev–Trinajstić information content (AvgIpc) is 2.77. The van der Waals surface area contributed by atoms with Crippen molar-refractivity contribution in [3.05, 3.63) is 35.4 Å². The highest BCUT2D eigenvalue weighted by atomic mass is 19.3. The molecule has 0 saturated carbocycles. The molecule has 1 amide bonds. The first-order chi connectivity index (χ1) is 9.11. The van der Waals surface area contributed by atoms with E-state index in [1.807, 2.05) is 6.92 Å². The molecule has 1 aliphatic heterocycles. The molecule has 1 aliphatic rings. The molecule has 0 bridgehead atoms. The number of benzene rings is 1. The third kappa shape index (κ3) is 3.07. The molecule has 2 N–H and O–H groups in total. The Kier molecular flexibility index (Phi) is 4.09. The summed E-state index contributed by atoms with van der Waals surface area (Å²) in [4.78, 5) is 15.9. The van der Waals surface area contributed by atoms with Crippen molar-refractivity contribution in [2.45, 2.75) is 25.8 Å². The van der Waals surface area contributed by atoms with Crippen molar-refractivity contribution < 1.29 is 13.6 Å². The fourth-order valence-corrected chi connectivity index (χ4v) is 1.80. The van der Waals surface area contributed by atoms with Gasteiger partial charge in [-0.05, 0) is 12.0 Å². The molecule has 1 aromatic carbocycles. The molecule has 0 aromatic heterocycles. The number of hydrogen-bond acceptors (Lipinski definition) is 2. The standard InChI is InChI=1S/C13H15F2N3O/c1-2-7-16-13-17-10(12(19)18-13)8-3-5-9(6-4-8)11(14)15/h3-6,10-11H,2,7H2,1H3,(H2,16,17,18,19). The van der Waals surface area contributed by atoms with E-state index in [4.69, 9.17) is 0 Å². The average molecular weight is 267 g/mol. The van der Waals surface area contributed by atoms with Gasteiger partial charge in [0.1, 0.15) is 6.04 Å². The number of aliphatic imine (C=N–C) groups is 1. The van der Waals surface area contributed by atoms with E-state index < -0.39 is 12.5 Å². The van der Waals surface area contributed by atoms with Crippen molar-refractivity contribution >= 4 is 11.9 Å². The van der Waals surface area contributed by atoms with Crippen molar-refractivity contribution in [3.63, 3.8) is 0 Å². The lowest BCUT2D eigenvalue weighted by Crippen LogP contribution is -2.25. The third-order valence-electron chi connectivity index (χ3n) is 2.80. The zero-order valence-corrected chi connectivity index (χ0v) is 10.5. The monoisotopic (exact) mass is 267 g/mol. The van der Waals surface area contributed by atoms with Gasteiger partial charge in [-0.2, -0.15) is 0 Å². The summed E-state index contributed by atoms with van der Waals surface area (Å²) >= 11 is 0. The van der Waals surface area contributed by atoms with Crippen LogP contribution in [0.15, 0.2) is 29.3 Å². The van der Waals surface area contributed by atoms with E-state index in [1.54, 1.807) is 0 Å². The number of amides is 1. The Morgan fingerprint density at radius 2 is 2.00 bits per heavy atom. The first kappa shape index (κ1) is 13.5. The number of carbonyl (C=O) groups is 1. The van der Waals surface area contributed by atoms with Crippen LogP contribution >= 0.6 is 0 Å². The van der Waals surface area contributed by atoms with Crippen molar-refractivity contribution in [1.29, 1.82) is 0 Å². The van der Waals surface area contributed by atoms with Crippen molar-refractivity contribution in [3.8, 4) is 0 Å². The lowest BCUT2D eigenvalue weighted by molar-refractivity contribution is -0.120. The Morgan fingerprint density at radius 3 is 2.58 bits per heavy atom. The summed E-state index contributed by atoms with van der Waals surface area (Å²) in [6.07, 6.45) is -1.62. The molecule has 102 valence electrons. The van der Waals surface area contributed by atoms with E-state index in [0.29, 0.717) is 18.1 Å². The smallest absolute Gasteiger partial charge is 0.263 e. The van der Waals surface area contributed by atoms with Crippen LogP contribution in [0.2, 0.25) is 0 Å². The van der Waals surface area contributed by atoms with Crippen molar-refractivity contribution in [1.82, 2.24) is 10.6 Å². The highest BCUT2D eigenvalue weighted by Crippen LogP contribution is 2.22. The minimum absolute atomic E-state index is 0.0537. The van der Waals surface area contributed by atoms with Crippen LogP contribution in [0, 0.1) is 0 Å². The van der Waals surface area contributed by atoms with Crippen LogP contribution in [0.4, 0.5) is 8.78 Å². The zero-order valence-electron chi connectivity index (χ0n) is 10.5. The van der Waals surface area contributed by atoms with E-state index in [-0.39, 0.29) is 11.5 Å². The summed E-state index contributed by atoms with van der Waals surface area (Å²) in [6, 6.07) is 5.15. The van der Waals surface area contributed by atoms with E-state index in [9.17, 15) is 13.6 Å². The molecule has 1 unspecified atom stereocenters. The van der Waals surface area contributed by atoms with Crippen LogP contribution in [0.5, 0.6) is 0 Å². The third-order valence-corrected chi connectivity index (χ3v) is 2.80. The first-order valence-electron chi connectivity index (χ1n) is 6.11. The molecule has 1 atom stereocenters. The molecule has 6 heteroatoms. The Bertz CT molecular complexity index is 485. The fourth-order valence-electron chi connectivity index (χ4n) is 1.80. The topological polar surface area (TPSA) is 53.5 Å². The highest BCUT2D eigenvalue weighted by Gasteiger charge is 2.29. The summed E-state index contributed by atoms with van der Waals surface area (Å²) in [5.74, 6) is 0.217. The van der Waals surface area contributed by atoms with Crippen molar-refractivity contribution in [2.24, 2.45) is 4.99 Å². The number of guanidine groups is 1. The quantitative estimate of drug-likeness (QED) is 0.878. The molecule has 1 fully saturated rings. The van der Waals surface area contributed by atoms with Gasteiger partial charge in [-0.3, -0.25) is 15.1 Å². The number of nitrogens with one attached hydrogen (secondary N) is 2. The molecule has 4 nitrogen and oxygen atoms in total. The van der Waals surface area contributed by atoms with E-state index in [2.05, 4.69) is 15.6 Å². The van der Waals surface area contributed by atoms with Crippen LogP contribution in [-0.4, -0.2) is 18.4 Å². The van der Waals surface area contributed by atoms with Gasteiger partial charge in [-0.15, -0.1) is 0 Å². The van der Waals surface area contributed by atoms with Gasteiger partial charge in [0.05, 0.1) is 0 Å². The Morgan fingerprint density at radius 1 is 1.32 bits per heavy atom. The number of alkyl halides is 2. The molecule has 1 heterocycles. The summed E-state index contributed by atoms with van der Waals surface area (Å²) in [5, 5.41) is 5.57. The predicted molar refractivity (Wildman–Crippen MR) is 68.0 cm³/mol. The van der Waals surface area contributed by atoms with E-state index in [1.165, 1.54) is 24.3 Å². The largest absolute Gasteiger partial charge is 0.340 e. The molecule has 0 aliphatic carbocycles. The second-order valence-electron chi connectivity index (χ2n) is 4.26. The van der Waals surface area contributed by atoms with Crippen LogP contribution < -0.4 is 10.6 Å². The lowest BCUT2D eigenvalue weighted by atomic mass is 10.1. The van der Waals surface area contributed by atoms with E-state index >= 15 is 0 Å². The predicted octanol–water partition coefficient (Wildman–Crippen LogP) is 2.15. The van der Waals surface area contributed by atoms with Gasteiger partial charge in [-0.25, -0.2) is 8.78 Å². The van der Waals surface area contributed by atoms with Crippen LogP contribution in [-0.2, 0) is 4.79 Å². The molecule has 2 rings (SSSR count). The van der Waals surface area contributed by atoms with Gasteiger partial charge < -0.3 is 5.32 Å². The van der Waals surface area contributed by atoms with Gasteiger partial charge in [-0.1, -0.05) is 31.2 Å². The van der Waals surface area contributed by atoms with E-state index in [0.717, 1.165) is 6.42 Å².